The van der Waals surface area contributed by atoms with Gasteiger partial charge in [-0.25, -0.2) is 0 Å². The maximum Gasteiger partial charge on any atom is 0.308 e. The number of hydrogen-bond acceptors (Lipinski definition) is 2. The molecule has 130 valence electrons. The summed E-state index contributed by atoms with van der Waals surface area (Å²) < 4.78 is 0. The van der Waals surface area contributed by atoms with E-state index in [1.54, 1.807) is 0 Å². The Hall–Kier alpha value is -2.62. The fourth-order valence-electron chi connectivity index (χ4n) is 4.43. The first-order valence-corrected chi connectivity index (χ1v) is 8.57. The standard InChI is InChI=1S/C21H22O4/c1-2-21(13-14-8-4-3-5-9-14)17-11-7-6-10-15(17)12-16(19(22)23)18(21)20(24)25/h3-11,16,18H,2,12-13H2,1H3,(H,22,23)(H,24,25)/t16-,18-,21?/m1/s1. The Morgan fingerprint density at radius 3 is 2.24 bits per heavy atom. The van der Waals surface area contributed by atoms with Crippen molar-refractivity contribution in [2.75, 3.05) is 0 Å². The molecule has 1 unspecified atom stereocenters. The average molecular weight is 338 g/mol. The predicted molar refractivity (Wildman–Crippen MR) is 94.5 cm³/mol. The zero-order valence-electron chi connectivity index (χ0n) is 14.2. The number of fused-ring (bicyclic) bond motifs is 1. The smallest absolute Gasteiger partial charge is 0.308 e. The lowest BCUT2D eigenvalue weighted by Crippen LogP contribution is -2.51. The molecule has 4 nitrogen and oxygen atoms in total. The number of rotatable bonds is 5. The second kappa shape index (κ2) is 6.71. The molecule has 25 heavy (non-hydrogen) atoms. The van der Waals surface area contributed by atoms with E-state index in [0.29, 0.717) is 12.8 Å². The van der Waals surface area contributed by atoms with Crippen molar-refractivity contribution in [1.82, 2.24) is 0 Å². The highest BCUT2D eigenvalue weighted by Crippen LogP contribution is 2.49. The summed E-state index contributed by atoms with van der Waals surface area (Å²) in [4.78, 5) is 24.1. The van der Waals surface area contributed by atoms with E-state index in [1.807, 2.05) is 61.5 Å². The zero-order chi connectivity index (χ0) is 18.0. The van der Waals surface area contributed by atoms with Crippen LogP contribution in [0.3, 0.4) is 0 Å². The highest BCUT2D eigenvalue weighted by atomic mass is 16.4. The summed E-state index contributed by atoms with van der Waals surface area (Å²) in [5, 5.41) is 19.7. The van der Waals surface area contributed by atoms with Crippen molar-refractivity contribution in [2.45, 2.75) is 31.6 Å². The van der Waals surface area contributed by atoms with Crippen molar-refractivity contribution >= 4 is 11.9 Å². The van der Waals surface area contributed by atoms with E-state index in [1.165, 1.54) is 0 Å². The minimum atomic E-state index is -1.03. The van der Waals surface area contributed by atoms with Gasteiger partial charge in [0.1, 0.15) is 0 Å². The topological polar surface area (TPSA) is 74.6 Å². The Balaban J connectivity index is 2.22. The molecule has 0 fully saturated rings. The molecule has 3 rings (SSSR count). The molecule has 0 aliphatic heterocycles. The average Bonchev–Trinajstić information content (AvgIpc) is 2.61. The maximum absolute atomic E-state index is 12.2. The Labute approximate surface area is 147 Å². The third-order valence-electron chi connectivity index (χ3n) is 5.57. The van der Waals surface area contributed by atoms with Crippen molar-refractivity contribution in [3.8, 4) is 0 Å². The van der Waals surface area contributed by atoms with Gasteiger partial charge in [-0.1, -0.05) is 61.5 Å². The number of carbonyl (C=O) groups is 2. The molecule has 0 bridgehead atoms. The molecule has 2 aromatic rings. The number of carboxylic acids is 2. The summed E-state index contributed by atoms with van der Waals surface area (Å²) in [5.41, 5.74) is 2.22. The molecule has 0 heterocycles. The Morgan fingerprint density at radius 2 is 1.64 bits per heavy atom. The predicted octanol–water partition coefficient (Wildman–Crippen LogP) is 3.53. The van der Waals surface area contributed by atoms with Crippen LogP contribution in [-0.4, -0.2) is 22.2 Å². The Morgan fingerprint density at radius 1 is 1.00 bits per heavy atom. The van der Waals surface area contributed by atoms with Crippen LogP contribution in [0.2, 0.25) is 0 Å². The fourth-order valence-corrected chi connectivity index (χ4v) is 4.43. The van der Waals surface area contributed by atoms with E-state index in [0.717, 1.165) is 16.7 Å². The van der Waals surface area contributed by atoms with Crippen LogP contribution in [0.5, 0.6) is 0 Å². The maximum atomic E-state index is 12.2. The monoisotopic (exact) mass is 338 g/mol. The van der Waals surface area contributed by atoms with Crippen molar-refractivity contribution in [3.05, 3.63) is 71.3 Å². The summed E-state index contributed by atoms with van der Waals surface area (Å²) in [6, 6.07) is 17.4. The lowest BCUT2D eigenvalue weighted by Gasteiger charge is -2.46. The van der Waals surface area contributed by atoms with Crippen LogP contribution >= 0.6 is 0 Å². The van der Waals surface area contributed by atoms with Gasteiger partial charge in [0.15, 0.2) is 0 Å². The minimum Gasteiger partial charge on any atom is -0.481 e. The zero-order valence-corrected chi connectivity index (χ0v) is 14.2. The van der Waals surface area contributed by atoms with Gasteiger partial charge in [0.2, 0.25) is 0 Å². The molecule has 4 heteroatoms. The van der Waals surface area contributed by atoms with E-state index in [9.17, 15) is 19.8 Å². The van der Waals surface area contributed by atoms with Gasteiger partial charge < -0.3 is 10.2 Å². The van der Waals surface area contributed by atoms with E-state index >= 15 is 0 Å². The second-order valence-corrected chi connectivity index (χ2v) is 6.79. The van der Waals surface area contributed by atoms with E-state index in [4.69, 9.17) is 0 Å². The molecular weight excluding hydrogens is 316 g/mol. The SMILES string of the molecule is CCC1(Cc2ccccc2)c2ccccc2C[C@@H](C(=O)O)[C@@H]1C(=O)O. The first-order valence-electron chi connectivity index (χ1n) is 8.57. The van der Waals surface area contributed by atoms with Gasteiger partial charge in [0.05, 0.1) is 11.8 Å². The lowest BCUT2D eigenvalue weighted by atomic mass is 9.56. The lowest BCUT2D eigenvalue weighted by molar-refractivity contribution is -0.158. The number of hydrogen-bond donors (Lipinski definition) is 2. The molecule has 0 saturated heterocycles. The molecule has 0 saturated carbocycles. The van der Waals surface area contributed by atoms with Crippen LogP contribution in [0, 0.1) is 11.8 Å². The molecular formula is C21H22O4. The molecule has 1 aliphatic carbocycles. The molecule has 2 N–H and O–H groups in total. The van der Waals surface area contributed by atoms with Crippen LogP contribution < -0.4 is 0 Å². The van der Waals surface area contributed by atoms with Crippen LogP contribution in [0.4, 0.5) is 0 Å². The summed E-state index contributed by atoms with van der Waals surface area (Å²) in [7, 11) is 0. The quantitative estimate of drug-likeness (QED) is 0.874. The summed E-state index contributed by atoms with van der Waals surface area (Å²) in [5.74, 6) is -3.94. The van der Waals surface area contributed by atoms with Crippen molar-refractivity contribution < 1.29 is 19.8 Å². The van der Waals surface area contributed by atoms with Crippen molar-refractivity contribution in [3.63, 3.8) is 0 Å². The van der Waals surface area contributed by atoms with E-state index in [-0.39, 0.29) is 6.42 Å². The van der Waals surface area contributed by atoms with Gasteiger partial charge in [-0.05, 0) is 36.0 Å². The van der Waals surface area contributed by atoms with Gasteiger partial charge in [-0.2, -0.15) is 0 Å². The van der Waals surface area contributed by atoms with Crippen LogP contribution in [0.15, 0.2) is 54.6 Å². The van der Waals surface area contributed by atoms with Gasteiger partial charge in [-0.3, -0.25) is 9.59 Å². The van der Waals surface area contributed by atoms with Gasteiger partial charge in [0.25, 0.3) is 0 Å². The molecule has 0 amide bonds. The number of carboxylic acid groups (broad SMARTS) is 2. The van der Waals surface area contributed by atoms with Crippen LogP contribution in [0.25, 0.3) is 0 Å². The van der Waals surface area contributed by atoms with Gasteiger partial charge >= 0.3 is 11.9 Å². The van der Waals surface area contributed by atoms with Crippen molar-refractivity contribution in [1.29, 1.82) is 0 Å². The second-order valence-electron chi connectivity index (χ2n) is 6.79. The first kappa shape index (κ1) is 17.2. The van der Waals surface area contributed by atoms with Gasteiger partial charge in [0, 0.05) is 5.41 Å². The Bertz CT molecular complexity index is 783. The molecule has 3 atom stereocenters. The third kappa shape index (κ3) is 2.93. The highest BCUT2D eigenvalue weighted by Gasteiger charge is 2.53. The number of benzene rings is 2. The summed E-state index contributed by atoms with van der Waals surface area (Å²) >= 11 is 0. The van der Waals surface area contributed by atoms with E-state index < -0.39 is 29.2 Å². The normalized spacial score (nSPS) is 25.2. The fraction of sp³-hybridized carbons (Fsp3) is 0.333. The van der Waals surface area contributed by atoms with Crippen molar-refractivity contribution in [2.24, 2.45) is 11.8 Å². The molecule has 0 radical (unpaired) electrons. The molecule has 0 spiro atoms. The minimum absolute atomic E-state index is 0.263. The largest absolute Gasteiger partial charge is 0.481 e. The molecule has 1 aliphatic rings. The first-order chi connectivity index (χ1) is 12.0. The third-order valence-corrected chi connectivity index (χ3v) is 5.57. The van der Waals surface area contributed by atoms with Gasteiger partial charge in [-0.15, -0.1) is 0 Å². The Kier molecular flexibility index (Phi) is 4.62. The van der Waals surface area contributed by atoms with Crippen LogP contribution in [0.1, 0.15) is 30.0 Å². The summed E-state index contributed by atoms with van der Waals surface area (Å²) in [6.45, 7) is 1.96. The highest BCUT2D eigenvalue weighted by molar-refractivity contribution is 5.83. The number of aliphatic carboxylic acids is 2. The summed E-state index contributed by atoms with van der Waals surface area (Å²) in [6.07, 6.45) is 1.35. The molecule has 0 aromatic heterocycles. The van der Waals surface area contributed by atoms with E-state index in [2.05, 4.69) is 0 Å². The molecule has 2 aromatic carbocycles. The van der Waals surface area contributed by atoms with Crippen LogP contribution in [-0.2, 0) is 27.8 Å².